The minimum atomic E-state index is -0.112. The largest absolute Gasteiger partial charge is 0.372 e. The molecule has 33 heavy (non-hydrogen) atoms. The van der Waals surface area contributed by atoms with Crippen molar-refractivity contribution in [2.75, 3.05) is 29.1 Å². The van der Waals surface area contributed by atoms with E-state index in [1.54, 1.807) is 0 Å². The summed E-state index contributed by atoms with van der Waals surface area (Å²) < 4.78 is 1.93. The van der Waals surface area contributed by atoms with Crippen molar-refractivity contribution >= 4 is 39.8 Å². The number of hydrogen-bond acceptors (Lipinski definition) is 8. The van der Waals surface area contributed by atoms with E-state index >= 15 is 0 Å². The van der Waals surface area contributed by atoms with Gasteiger partial charge in [0.2, 0.25) is 11.0 Å². The molecule has 1 aliphatic rings. The van der Waals surface area contributed by atoms with Gasteiger partial charge in [-0.3, -0.25) is 10.1 Å². The van der Waals surface area contributed by atoms with Gasteiger partial charge in [0.05, 0.1) is 5.75 Å². The maximum absolute atomic E-state index is 12.5. The summed E-state index contributed by atoms with van der Waals surface area (Å²) >= 11 is 2.87. The van der Waals surface area contributed by atoms with E-state index in [1.165, 1.54) is 60.9 Å². The van der Waals surface area contributed by atoms with Crippen LogP contribution in [-0.2, 0) is 11.8 Å². The molecule has 176 valence electrons. The topological polar surface area (TPSA) is 88.8 Å². The monoisotopic (exact) mass is 485 g/mol. The molecule has 1 N–H and O–H groups in total. The Bertz CT molecular complexity index is 1050. The number of nitrogens with one attached hydrogen (secondary N) is 1. The van der Waals surface area contributed by atoms with Gasteiger partial charge in [-0.2, -0.15) is 0 Å². The molecule has 1 saturated carbocycles. The average molecular weight is 486 g/mol. The van der Waals surface area contributed by atoms with E-state index in [4.69, 9.17) is 0 Å². The Morgan fingerprint density at radius 2 is 1.82 bits per heavy atom. The third-order valence-corrected chi connectivity index (χ3v) is 8.08. The SMILES string of the molecule is CCN(CC)c1ccc(-c2nnc(SCC(=O)Nc3nnc(C4CCCCC4)s3)n2C)cc1. The highest BCUT2D eigenvalue weighted by molar-refractivity contribution is 7.99. The molecule has 0 saturated heterocycles. The van der Waals surface area contributed by atoms with E-state index in [-0.39, 0.29) is 11.7 Å². The zero-order valence-electron chi connectivity index (χ0n) is 19.5. The predicted molar refractivity (Wildman–Crippen MR) is 135 cm³/mol. The Kier molecular flexibility index (Phi) is 7.97. The summed E-state index contributed by atoms with van der Waals surface area (Å²) in [5.41, 5.74) is 2.20. The van der Waals surface area contributed by atoms with Crippen LogP contribution in [0.4, 0.5) is 10.8 Å². The molecule has 10 heteroatoms. The number of thioether (sulfide) groups is 1. The molecular weight excluding hydrogens is 454 g/mol. The lowest BCUT2D eigenvalue weighted by Crippen LogP contribution is -2.21. The van der Waals surface area contributed by atoms with E-state index in [1.807, 2.05) is 11.6 Å². The molecule has 0 bridgehead atoms. The van der Waals surface area contributed by atoms with Gasteiger partial charge in [-0.15, -0.1) is 20.4 Å². The van der Waals surface area contributed by atoms with Crippen molar-refractivity contribution in [1.82, 2.24) is 25.0 Å². The van der Waals surface area contributed by atoms with Crippen molar-refractivity contribution in [2.24, 2.45) is 7.05 Å². The number of rotatable bonds is 9. The summed E-state index contributed by atoms with van der Waals surface area (Å²) in [5.74, 6) is 1.41. The highest BCUT2D eigenvalue weighted by atomic mass is 32.2. The van der Waals surface area contributed by atoms with Gasteiger partial charge >= 0.3 is 0 Å². The van der Waals surface area contributed by atoms with Crippen LogP contribution in [0.2, 0.25) is 0 Å². The number of carbonyl (C=O) groups excluding carboxylic acids is 1. The normalized spacial score (nSPS) is 14.4. The van der Waals surface area contributed by atoms with Crippen LogP contribution >= 0.6 is 23.1 Å². The van der Waals surface area contributed by atoms with Gasteiger partial charge in [0.1, 0.15) is 5.01 Å². The second-order valence-corrected chi connectivity index (χ2v) is 10.2. The summed E-state index contributed by atoms with van der Waals surface area (Å²) in [4.78, 5) is 14.8. The Morgan fingerprint density at radius 3 is 2.52 bits per heavy atom. The van der Waals surface area contributed by atoms with Crippen LogP contribution in [0.3, 0.4) is 0 Å². The second kappa shape index (κ2) is 11.1. The molecule has 0 atom stereocenters. The Labute approximate surface area is 203 Å². The zero-order chi connectivity index (χ0) is 23.2. The molecule has 1 aliphatic carbocycles. The molecule has 0 radical (unpaired) electrons. The first-order chi connectivity index (χ1) is 16.1. The minimum absolute atomic E-state index is 0.112. The molecule has 0 aliphatic heterocycles. The molecule has 0 spiro atoms. The van der Waals surface area contributed by atoms with Crippen molar-refractivity contribution in [1.29, 1.82) is 0 Å². The van der Waals surface area contributed by atoms with E-state index in [0.717, 1.165) is 29.5 Å². The van der Waals surface area contributed by atoms with Crippen molar-refractivity contribution < 1.29 is 4.79 Å². The summed E-state index contributed by atoms with van der Waals surface area (Å²) in [6.45, 7) is 6.25. The highest BCUT2D eigenvalue weighted by Gasteiger charge is 2.20. The maximum atomic E-state index is 12.5. The lowest BCUT2D eigenvalue weighted by molar-refractivity contribution is -0.113. The third-order valence-electron chi connectivity index (χ3n) is 6.06. The minimum Gasteiger partial charge on any atom is -0.372 e. The van der Waals surface area contributed by atoms with Gasteiger partial charge in [0.25, 0.3) is 0 Å². The van der Waals surface area contributed by atoms with Gasteiger partial charge in [-0.05, 0) is 51.0 Å². The van der Waals surface area contributed by atoms with Crippen LogP contribution in [-0.4, -0.2) is 49.7 Å². The van der Waals surface area contributed by atoms with Crippen molar-refractivity contribution in [3.05, 3.63) is 29.3 Å². The van der Waals surface area contributed by atoms with E-state index in [0.29, 0.717) is 16.2 Å². The Morgan fingerprint density at radius 1 is 1.09 bits per heavy atom. The van der Waals surface area contributed by atoms with E-state index in [9.17, 15) is 4.79 Å². The summed E-state index contributed by atoms with van der Waals surface area (Å²) in [5, 5.41) is 22.3. The molecule has 0 unspecified atom stereocenters. The van der Waals surface area contributed by atoms with Gasteiger partial charge in [0.15, 0.2) is 11.0 Å². The first-order valence-corrected chi connectivity index (χ1v) is 13.4. The van der Waals surface area contributed by atoms with Gasteiger partial charge in [-0.25, -0.2) is 0 Å². The summed E-state index contributed by atoms with van der Waals surface area (Å²) in [6.07, 6.45) is 6.16. The lowest BCUT2D eigenvalue weighted by Gasteiger charge is -2.21. The smallest absolute Gasteiger partial charge is 0.236 e. The first-order valence-electron chi connectivity index (χ1n) is 11.6. The molecule has 8 nitrogen and oxygen atoms in total. The molecule has 3 aromatic rings. The number of carbonyl (C=O) groups is 1. The van der Waals surface area contributed by atoms with Crippen LogP contribution in [0.1, 0.15) is 56.9 Å². The van der Waals surface area contributed by atoms with Crippen molar-refractivity contribution in [3.63, 3.8) is 0 Å². The van der Waals surface area contributed by atoms with Gasteiger partial charge in [0, 0.05) is 37.3 Å². The number of aromatic nitrogens is 5. The van der Waals surface area contributed by atoms with Crippen LogP contribution in [0.25, 0.3) is 11.4 Å². The quantitative estimate of drug-likeness (QED) is 0.429. The molecule has 1 aromatic carbocycles. The fourth-order valence-electron chi connectivity index (χ4n) is 4.19. The third kappa shape index (κ3) is 5.73. The zero-order valence-corrected chi connectivity index (χ0v) is 21.1. The lowest BCUT2D eigenvalue weighted by atomic mass is 9.90. The van der Waals surface area contributed by atoms with Crippen LogP contribution in [0, 0.1) is 0 Å². The second-order valence-electron chi connectivity index (χ2n) is 8.20. The standard InChI is InChI=1S/C23H31N7OS2/c1-4-30(5-2)18-13-11-16(12-14-18)20-25-28-23(29(20)3)32-15-19(31)24-22-27-26-21(33-22)17-9-7-6-8-10-17/h11-14,17H,4-10,15H2,1-3H3,(H,24,27,31). The fraction of sp³-hybridized carbons (Fsp3) is 0.522. The number of benzene rings is 1. The van der Waals surface area contributed by atoms with Gasteiger partial charge in [-0.1, -0.05) is 42.4 Å². The molecule has 2 heterocycles. The number of amides is 1. The number of nitrogens with zero attached hydrogens (tertiary/aromatic N) is 6. The molecule has 1 fully saturated rings. The highest BCUT2D eigenvalue weighted by Crippen LogP contribution is 2.35. The van der Waals surface area contributed by atoms with Crippen LogP contribution in [0.5, 0.6) is 0 Å². The van der Waals surface area contributed by atoms with Gasteiger partial charge < -0.3 is 9.47 Å². The first kappa shape index (κ1) is 23.7. The molecular formula is C23H31N7OS2. The van der Waals surface area contributed by atoms with Crippen molar-refractivity contribution in [3.8, 4) is 11.4 Å². The van der Waals surface area contributed by atoms with Crippen LogP contribution < -0.4 is 10.2 Å². The van der Waals surface area contributed by atoms with E-state index < -0.39 is 0 Å². The average Bonchev–Trinajstić information content (AvgIpc) is 3.46. The van der Waals surface area contributed by atoms with Crippen molar-refractivity contribution in [2.45, 2.75) is 57.0 Å². The molecule has 4 rings (SSSR count). The number of hydrogen-bond donors (Lipinski definition) is 1. The maximum Gasteiger partial charge on any atom is 0.236 e. The Hall–Kier alpha value is -2.46. The summed E-state index contributed by atoms with van der Waals surface area (Å²) in [6, 6.07) is 8.36. The molecule has 1 amide bonds. The predicted octanol–water partition coefficient (Wildman–Crippen LogP) is 4.96. The Balaban J connectivity index is 1.33. The number of anilines is 2. The molecule has 2 aromatic heterocycles. The summed E-state index contributed by atoms with van der Waals surface area (Å²) in [7, 11) is 1.93. The fourth-order valence-corrected chi connectivity index (χ4v) is 5.83. The van der Waals surface area contributed by atoms with E-state index in [2.05, 4.69) is 68.7 Å². The van der Waals surface area contributed by atoms with Crippen LogP contribution in [0.15, 0.2) is 29.4 Å².